The molecule has 1 aromatic rings. The van der Waals surface area contributed by atoms with Crippen LogP contribution in [0.5, 0.6) is 0 Å². The smallest absolute Gasteiger partial charge is 0.354 e. The number of hydrogen-bond donors (Lipinski definition) is 2. The number of esters is 1. The molecule has 0 bridgehead atoms. The van der Waals surface area contributed by atoms with Crippen molar-refractivity contribution < 1.29 is 18.3 Å². The molecule has 0 aliphatic carbocycles. The third-order valence-corrected chi connectivity index (χ3v) is 1.73. The van der Waals surface area contributed by atoms with Crippen molar-refractivity contribution in [2.45, 2.75) is 6.43 Å². The second kappa shape index (κ2) is 4.07. The van der Waals surface area contributed by atoms with Gasteiger partial charge in [-0.2, -0.15) is 0 Å². The van der Waals surface area contributed by atoms with Crippen LogP contribution in [0.25, 0.3) is 0 Å². The predicted molar refractivity (Wildman–Crippen MR) is 47.8 cm³/mol. The first-order chi connectivity index (χ1) is 6.97. The summed E-state index contributed by atoms with van der Waals surface area (Å²) in [4.78, 5) is 24.0. The fraction of sp³-hybridized carbons (Fsp3) is 0.250. The molecule has 7 heteroatoms. The number of halogens is 2. The number of hydrogen-bond acceptors (Lipinski definition) is 4. The Morgan fingerprint density at radius 3 is 2.60 bits per heavy atom. The molecule has 1 rings (SSSR count). The van der Waals surface area contributed by atoms with Crippen LogP contribution in [-0.4, -0.2) is 18.1 Å². The Morgan fingerprint density at radius 2 is 2.20 bits per heavy atom. The Bertz CT molecular complexity index is 442. The standard InChI is InChI=1S/C8H8F2N2O3/c1-15-8(14)4-2-3(11)5(6(9)10)7(13)12-4/h2,6H,1H3,(H3,11,12,13). The number of pyridine rings is 1. The number of nitrogens with one attached hydrogen (secondary N) is 1. The number of methoxy groups -OCH3 is 1. The molecule has 0 aromatic carbocycles. The average molecular weight is 218 g/mol. The molecule has 0 saturated heterocycles. The number of nitrogen functional groups attached to an aromatic ring is 1. The van der Waals surface area contributed by atoms with Gasteiger partial charge in [0.2, 0.25) is 0 Å². The van der Waals surface area contributed by atoms with Crippen molar-refractivity contribution in [1.82, 2.24) is 4.98 Å². The lowest BCUT2D eigenvalue weighted by Crippen LogP contribution is -2.20. The molecule has 1 heterocycles. The first-order valence-corrected chi connectivity index (χ1v) is 3.86. The molecule has 5 nitrogen and oxygen atoms in total. The lowest BCUT2D eigenvalue weighted by molar-refractivity contribution is 0.0593. The number of carbonyl (C=O) groups is 1. The van der Waals surface area contributed by atoms with E-state index in [2.05, 4.69) is 4.74 Å². The number of anilines is 1. The molecule has 0 amide bonds. The highest BCUT2D eigenvalue weighted by atomic mass is 19.3. The van der Waals surface area contributed by atoms with Gasteiger partial charge in [-0.3, -0.25) is 4.79 Å². The predicted octanol–water partition coefficient (Wildman–Crippen LogP) is 0.681. The molecule has 1 aromatic heterocycles. The van der Waals surface area contributed by atoms with Gasteiger partial charge in [0.15, 0.2) is 0 Å². The van der Waals surface area contributed by atoms with Crippen molar-refractivity contribution in [3.05, 3.63) is 27.7 Å². The molecule has 82 valence electrons. The summed E-state index contributed by atoms with van der Waals surface area (Å²) in [6.45, 7) is 0. The van der Waals surface area contributed by atoms with Crippen molar-refractivity contribution in [2.75, 3.05) is 12.8 Å². The maximum absolute atomic E-state index is 12.3. The zero-order valence-corrected chi connectivity index (χ0v) is 7.71. The maximum Gasteiger partial charge on any atom is 0.354 e. The fourth-order valence-corrected chi connectivity index (χ4v) is 1.04. The van der Waals surface area contributed by atoms with Gasteiger partial charge in [0, 0.05) is 5.69 Å². The van der Waals surface area contributed by atoms with Gasteiger partial charge < -0.3 is 15.5 Å². The summed E-state index contributed by atoms with van der Waals surface area (Å²) < 4.78 is 28.9. The van der Waals surface area contributed by atoms with Gasteiger partial charge >= 0.3 is 5.97 Å². The number of aromatic nitrogens is 1. The Hall–Kier alpha value is -1.92. The lowest BCUT2D eigenvalue weighted by Gasteiger charge is -2.05. The quantitative estimate of drug-likeness (QED) is 0.715. The van der Waals surface area contributed by atoms with E-state index < -0.39 is 29.2 Å². The second-order valence-electron chi connectivity index (χ2n) is 2.67. The number of aromatic amines is 1. The summed E-state index contributed by atoms with van der Waals surface area (Å²) in [6, 6.07) is 0.939. The van der Waals surface area contributed by atoms with Crippen molar-refractivity contribution in [2.24, 2.45) is 0 Å². The van der Waals surface area contributed by atoms with E-state index >= 15 is 0 Å². The van der Waals surface area contributed by atoms with Crippen LogP contribution in [0.2, 0.25) is 0 Å². The zero-order valence-electron chi connectivity index (χ0n) is 7.71. The molecule has 0 saturated carbocycles. The topological polar surface area (TPSA) is 85.2 Å². The third kappa shape index (κ3) is 2.12. The fourth-order valence-electron chi connectivity index (χ4n) is 1.04. The van der Waals surface area contributed by atoms with Crippen LogP contribution < -0.4 is 11.3 Å². The Kier molecular flexibility index (Phi) is 3.03. The average Bonchev–Trinajstić information content (AvgIpc) is 2.14. The molecule has 0 aliphatic heterocycles. The molecule has 0 atom stereocenters. The molecule has 15 heavy (non-hydrogen) atoms. The van der Waals surface area contributed by atoms with Crippen molar-refractivity contribution in [3.63, 3.8) is 0 Å². The van der Waals surface area contributed by atoms with Crippen LogP contribution in [0.4, 0.5) is 14.5 Å². The molecule has 0 radical (unpaired) electrons. The van der Waals surface area contributed by atoms with Gasteiger partial charge in [0.1, 0.15) is 11.3 Å². The van der Waals surface area contributed by atoms with E-state index in [1.54, 1.807) is 0 Å². The number of carbonyl (C=O) groups excluding carboxylic acids is 1. The van der Waals surface area contributed by atoms with Gasteiger partial charge in [-0.15, -0.1) is 0 Å². The normalized spacial score (nSPS) is 10.4. The van der Waals surface area contributed by atoms with Crippen LogP contribution >= 0.6 is 0 Å². The van der Waals surface area contributed by atoms with Crippen LogP contribution in [-0.2, 0) is 4.74 Å². The molecular weight excluding hydrogens is 210 g/mol. The SMILES string of the molecule is COC(=O)c1cc(N)c(C(F)F)c(=O)[nH]1. The number of H-pyrrole nitrogens is 1. The van der Waals surface area contributed by atoms with E-state index in [0.717, 1.165) is 13.2 Å². The van der Waals surface area contributed by atoms with Crippen molar-refractivity contribution in [3.8, 4) is 0 Å². The van der Waals surface area contributed by atoms with Crippen molar-refractivity contribution >= 4 is 11.7 Å². The van der Waals surface area contributed by atoms with E-state index in [-0.39, 0.29) is 5.69 Å². The minimum Gasteiger partial charge on any atom is -0.464 e. The molecule has 0 spiro atoms. The summed E-state index contributed by atoms with van der Waals surface area (Å²) in [6.07, 6.45) is -2.99. The summed E-state index contributed by atoms with van der Waals surface area (Å²) in [5, 5.41) is 0. The van der Waals surface area contributed by atoms with Crippen LogP contribution in [0, 0.1) is 0 Å². The Morgan fingerprint density at radius 1 is 1.60 bits per heavy atom. The first-order valence-electron chi connectivity index (χ1n) is 3.86. The van der Waals surface area contributed by atoms with Gasteiger partial charge in [0.25, 0.3) is 12.0 Å². The van der Waals surface area contributed by atoms with Gasteiger partial charge in [0.05, 0.1) is 7.11 Å². The zero-order chi connectivity index (χ0) is 11.6. The van der Waals surface area contributed by atoms with Crippen molar-refractivity contribution in [1.29, 1.82) is 0 Å². The highest BCUT2D eigenvalue weighted by Gasteiger charge is 2.19. The Labute approximate surface area is 82.9 Å². The number of rotatable bonds is 2. The number of nitrogens with two attached hydrogens (primary N) is 1. The van der Waals surface area contributed by atoms with Gasteiger partial charge in [-0.1, -0.05) is 0 Å². The van der Waals surface area contributed by atoms with Crippen LogP contribution in [0.1, 0.15) is 22.5 Å². The first kappa shape index (κ1) is 11.2. The van der Waals surface area contributed by atoms with E-state index in [1.165, 1.54) is 0 Å². The van der Waals surface area contributed by atoms with Gasteiger partial charge in [-0.25, -0.2) is 13.6 Å². The van der Waals surface area contributed by atoms with Gasteiger partial charge in [-0.05, 0) is 6.07 Å². The summed E-state index contributed by atoms with van der Waals surface area (Å²) in [5.41, 5.74) is 2.58. The number of alkyl halides is 2. The Balaban J connectivity index is 3.32. The summed E-state index contributed by atoms with van der Waals surface area (Å²) in [7, 11) is 1.10. The van der Waals surface area contributed by atoms with E-state index in [1.807, 2.05) is 4.98 Å². The maximum atomic E-state index is 12.3. The minimum atomic E-state index is -2.99. The molecule has 0 fully saturated rings. The largest absolute Gasteiger partial charge is 0.464 e. The molecule has 3 N–H and O–H groups in total. The minimum absolute atomic E-state index is 0.260. The van der Waals surface area contributed by atoms with Crippen LogP contribution in [0.15, 0.2) is 10.9 Å². The molecule has 0 aliphatic rings. The third-order valence-electron chi connectivity index (χ3n) is 1.73. The number of ether oxygens (including phenoxy) is 1. The summed E-state index contributed by atoms with van der Waals surface area (Å²) >= 11 is 0. The lowest BCUT2D eigenvalue weighted by atomic mass is 10.2. The molecular formula is C8H8F2N2O3. The van der Waals surface area contributed by atoms with Crippen LogP contribution in [0.3, 0.4) is 0 Å². The monoisotopic (exact) mass is 218 g/mol. The van der Waals surface area contributed by atoms with E-state index in [9.17, 15) is 18.4 Å². The highest BCUT2D eigenvalue weighted by molar-refractivity contribution is 5.88. The molecule has 0 unspecified atom stereocenters. The van der Waals surface area contributed by atoms with E-state index in [4.69, 9.17) is 5.73 Å². The summed E-state index contributed by atoms with van der Waals surface area (Å²) in [5.74, 6) is -0.848. The van der Waals surface area contributed by atoms with E-state index in [0.29, 0.717) is 0 Å². The second-order valence-corrected chi connectivity index (χ2v) is 2.67. The highest BCUT2D eigenvalue weighted by Crippen LogP contribution is 2.21.